The van der Waals surface area contributed by atoms with Crippen LogP contribution in [0.1, 0.15) is 18.9 Å². The summed E-state index contributed by atoms with van der Waals surface area (Å²) in [6.07, 6.45) is 1.80. The Morgan fingerprint density at radius 1 is 1.25 bits per heavy atom. The van der Waals surface area contributed by atoms with Crippen LogP contribution >= 0.6 is 42.5 Å². The molecular formula is C11H8Br2ClN3O2S. The van der Waals surface area contributed by atoms with E-state index in [0.717, 1.165) is 27.4 Å². The monoisotopic (exact) mass is 439 g/mol. The topological polar surface area (TPSA) is 64.8 Å². The zero-order valence-electron chi connectivity index (χ0n) is 9.92. The number of hydrogen-bond donors (Lipinski definition) is 0. The summed E-state index contributed by atoms with van der Waals surface area (Å²) in [6, 6.07) is 5.68. The van der Waals surface area contributed by atoms with Gasteiger partial charge in [-0.05, 0) is 47.0 Å². The van der Waals surface area contributed by atoms with E-state index in [1.54, 1.807) is 4.57 Å². The Bertz CT molecular complexity index is 787. The first-order valence-electron chi connectivity index (χ1n) is 5.73. The van der Waals surface area contributed by atoms with E-state index in [-0.39, 0.29) is 11.2 Å². The molecule has 0 amide bonds. The molecule has 106 valence electrons. The van der Waals surface area contributed by atoms with Gasteiger partial charge in [-0.3, -0.25) is 4.57 Å². The van der Waals surface area contributed by atoms with Gasteiger partial charge in [0.05, 0.1) is 0 Å². The standard InChI is InChI=1S/C11H8Br2ClN3O2S/c12-6-1-4-8(9(13)5-6)10-15-16-11(20(14,18)19)17(10)7-2-3-7/h1,4-5,7H,2-3H2. The van der Waals surface area contributed by atoms with E-state index in [1.165, 1.54) is 0 Å². The van der Waals surface area contributed by atoms with Crippen LogP contribution in [0.3, 0.4) is 0 Å². The highest BCUT2D eigenvalue weighted by molar-refractivity contribution is 9.11. The van der Waals surface area contributed by atoms with Gasteiger partial charge in [-0.1, -0.05) is 15.9 Å². The van der Waals surface area contributed by atoms with Crippen LogP contribution in [-0.4, -0.2) is 23.2 Å². The molecule has 1 saturated carbocycles. The number of nitrogens with zero attached hydrogens (tertiary/aromatic N) is 3. The lowest BCUT2D eigenvalue weighted by Gasteiger charge is -2.09. The minimum Gasteiger partial charge on any atom is -0.294 e. The molecule has 0 atom stereocenters. The summed E-state index contributed by atoms with van der Waals surface area (Å²) in [5.41, 5.74) is 0.777. The van der Waals surface area contributed by atoms with Gasteiger partial charge in [-0.25, -0.2) is 8.42 Å². The molecule has 3 rings (SSSR count). The Hall–Kier alpha value is -0.440. The highest BCUT2D eigenvalue weighted by atomic mass is 79.9. The first-order chi connectivity index (χ1) is 9.38. The van der Waals surface area contributed by atoms with Crippen LogP contribution in [0.2, 0.25) is 0 Å². The molecule has 1 aromatic carbocycles. The minimum absolute atomic E-state index is 0.0964. The summed E-state index contributed by atoms with van der Waals surface area (Å²) in [7, 11) is 1.52. The maximum absolute atomic E-state index is 11.6. The lowest BCUT2D eigenvalue weighted by molar-refractivity contribution is 0.579. The van der Waals surface area contributed by atoms with Crippen molar-refractivity contribution >= 4 is 51.6 Å². The van der Waals surface area contributed by atoms with Crippen molar-refractivity contribution in [2.24, 2.45) is 0 Å². The Kier molecular flexibility index (Phi) is 3.68. The average Bonchev–Trinajstić information content (AvgIpc) is 3.07. The van der Waals surface area contributed by atoms with Gasteiger partial charge in [-0.15, -0.1) is 10.2 Å². The second-order valence-electron chi connectivity index (χ2n) is 4.47. The maximum Gasteiger partial charge on any atom is 0.296 e. The van der Waals surface area contributed by atoms with Crippen LogP contribution in [0.5, 0.6) is 0 Å². The molecule has 1 aliphatic carbocycles. The molecule has 1 aromatic heterocycles. The van der Waals surface area contributed by atoms with Crippen molar-refractivity contribution in [3.05, 3.63) is 27.1 Å². The van der Waals surface area contributed by atoms with Crippen LogP contribution in [0.4, 0.5) is 0 Å². The summed E-state index contributed by atoms with van der Waals surface area (Å²) in [4.78, 5) is 0. The summed E-state index contributed by atoms with van der Waals surface area (Å²) < 4.78 is 26.5. The molecule has 0 saturated heterocycles. The summed E-state index contributed by atoms with van der Waals surface area (Å²) in [6.45, 7) is 0. The molecular weight excluding hydrogens is 433 g/mol. The molecule has 0 aliphatic heterocycles. The lowest BCUT2D eigenvalue weighted by Crippen LogP contribution is -2.06. The van der Waals surface area contributed by atoms with Crippen molar-refractivity contribution in [1.29, 1.82) is 0 Å². The average molecular weight is 442 g/mol. The van der Waals surface area contributed by atoms with Crippen LogP contribution in [0, 0.1) is 0 Å². The van der Waals surface area contributed by atoms with Crippen LogP contribution in [0.25, 0.3) is 11.4 Å². The fourth-order valence-corrected chi connectivity index (χ4v) is 4.11. The van der Waals surface area contributed by atoms with Crippen molar-refractivity contribution in [1.82, 2.24) is 14.8 Å². The molecule has 2 aromatic rings. The van der Waals surface area contributed by atoms with Gasteiger partial charge in [0, 0.05) is 31.2 Å². The van der Waals surface area contributed by atoms with Gasteiger partial charge >= 0.3 is 0 Å². The molecule has 0 radical (unpaired) electrons. The van der Waals surface area contributed by atoms with E-state index in [4.69, 9.17) is 10.7 Å². The molecule has 20 heavy (non-hydrogen) atoms. The van der Waals surface area contributed by atoms with Crippen molar-refractivity contribution < 1.29 is 8.42 Å². The lowest BCUT2D eigenvalue weighted by atomic mass is 10.2. The van der Waals surface area contributed by atoms with Gasteiger partial charge in [0.15, 0.2) is 5.82 Å². The van der Waals surface area contributed by atoms with Gasteiger partial charge in [0.25, 0.3) is 14.2 Å². The summed E-state index contributed by atoms with van der Waals surface area (Å²) in [5, 5.41) is 7.57. The molecule has 0 spiro atoms. The SMILES string of the molecule is O=S(=O)(Cl)c1nnc(-c2ccc(Br)cc2Br)n1C1CC1. The van der Waals surface area contributed by atoms with Gasteiger partial charge in [-0.2, -0.15) is 0 Å². The maximum atomic E-state index is 11.6. The Morgan fingerprint density at radius 3 is 2.50 bits per heavy atom. The zero-order chi connectivity index (χ0) is 14.5. The third kappa shape index (κ3) is 2.66. The van der Waals surface area contributed by atoms with Crippen molar-refractivity contribution in [2.45, 2.75) is 24.0 Å². The quantitative estimate of drug-likeness (QED) is 0.681. The van der Waals surface area contributed by atoms with E-state index in [2.05, 4.69) is 42.1 Å². The number of rotatable bonds is 3. The van der Waals surface area contributed by atoms with Crippen molar-refractivity contribution in [3.63, 3.8) is 0 Å². The number of benzene rings is 1. The molecule has 9 heteroatoms. The Labute approximate surface area is 137 Å². The number of halogens is 3. The molecule has 0 N–H and O–H groups in total. The number of aromatic nitrogens is 3. The highest BCUT2D eigenvalue weighted by Crippen LogP contribution is 2.41. The van der Waals surface area contributed by atoms with E-state index >= 15 is 0 Å². The molecule has 0 unspecified atom stereocenters. The number of hydrogen-bond acceptors (Lipinski definition) is 4. The Balaban J connectivity index is 2.22. The van der Waals surface area contributed by atoms with Gasteiger partial charge in [0.2, 0.25) is 0 Å². The molecule has 1 heterocycles. The first-order valence-corrected chi connectivity index (χ1v) is 9.62. The smallest absolute Gasteiger partial charge is 0.294 e. The fraction of sp³-hybridized carbons (Fsp3) is 0.273. The van der Waals surface area contributed by atoms with Crippen LogP contribution in [-0.2, 0) is 9.05 Å². The second-order valence-corrected chi connectivity index (χ2v) is 8.70. The predicted molar refractivity (Wildman–Crippen MR) is 82.2 cm³/mol. The molecule has 0 bridgehead atoms. The zero-order valence-corrected chi connectivity index (χ0v) is 14.7. The van der Waals surface area contributed by atoms with E-state index in [9.17, 15) is 8.42 Å². The third-order valence-electron chi connectivity index (χ3n) is 2.97. The van der Waals surface area contributed by atoms with E-state index < -0.39 is 9.05 Å². The van der Waals surface area contributed by atoms with Crippen molar-refractivity contribution in [2.75, 3.05) is 0 Å². The normalized spacial score (nSPS) is 15.6. The molecule has 5 nitrogen and oxygen atoms in total. The van der Waals surface area contributed by atoms with E-state index in [1.807, 2.05) is 18.2 Å². The predicted octanol–water partition coefficient (Wildman–Crippen LogP) is 3.73. The molecule has 1 aliphatic rings. The van der Waals surface area contributed by atoms with Crippen LogP contribution in [0.15, 0.2) is 32.3 Å². The summed E-state index contributed by atoms with van der Waals surface area (Å²) in [5.74, 6) is 0.506. The molecule has 1 fully saturated rings. The van der Waals surface area contributed by atoms with E-state index in [0.29, 0.717) is 5.82 Å². The fourth-order valence-electron chi connectivity index (χ4n) is 1.96. The third-order valence-corrected chi connectivity index (χ3v) is 5.24. The first kappa shape index (κ1) is 14.5. The second kappa shape index (κ2) is 5.08. The van der Waals surface area contributed by atoms with Gasteiger partial charge < -0.3 is 0 Å². The van der Waals surface area contributed by atoms with Gasteiger partial charge in [0.1, 0.15) is 0 Å². The Morgan fingerprint density at radius 2 is 1.95 bits per heavy atom. The van der Waals surface area contributed by atoms with Crippen molar-refractivity contribution in [3.8, 4) is 11.4 Å². The highest BCUT2D eigenvalue weighted by Gasteiger charge is 2.34. The minimum atomic E-state index is -3.91. The largest absolute Gasteiger partial charge is 0.296 e. The van der Waals surface area contributed by atoms with Crippen LogP contribution < -0.4 is 0 Å². The summed E-state index contributed by atoms with van der Waals surface area (Å²) >= 11 is 6.83.